The Morgan fingerprint density at radius 2 is 1.92 bits per heavy atom. The zero-order valence-electron chi connectivity index (χ0n) is 15.9. The number of hydrogen-bond donors (Lipinski definition) is 1. The summed E-state index contributed by atoms with van der Waals surface area (Å²) in [6.45, 7) is 5.68. The third-order valence-corrected chi connectivity index (χ3v) is 5.11. The number of nitrogens with one attached hydrogen (secondary N) is 1. The number of rotatable bonds is 4. The van der Waals surface area contributed by atoms with Crippen LogP contribution in [0.5, 0.6) is 5.75 Å². The summed E-state index contributed by atoms with van der Waals surface area (Å²) >= 11 is 0. The van der Waals surface area contributed by atoms with Crippen molar-refractivity contribution in [3.05, 3.63) is 47.3 Å². The summed E-state index contributed by atoms with van der Waals surface area (Å²) in [6, 6.07) is 10.3. The smallest absolute Gasteiger partial charge is 0.255 e. The molecule has 5 nitrogen and oxygen atoms in total. The van der Waals surface area contributed by atoms with Crippen LogP contribution in [0.1, 0.15) is 34.6 Å². The van der Waals surface area contributed by atoms with Crippen molar-refractivity contribution in [2.75, 3.05) is 27.2 Å². The summed E-state index contributed by atoms with van der Waals surface area (Å²) in [5.74, 6) is 0.960. The first-order valence-corrected chi connectivity index (χ1v) is 8.85. The van der Waals surface area contributed by atoms with E-state index in [1.54, 1.807) is 7.11 Å². The summed E-state index contributed by atoms with van der Waals surface area (Å²) in [4.78, 5) is 15.0. The highest BCUT2D eigenvalue weighted by Crippen LogP contribution is 2.24. The van der Waals surface area contributed by atoms with Gasteiger partial charge in [-0.15, -0.1) is 12.4 Å². The Morgan fingerprint density at radius 1 is 1.23 bits per heavy atom. The molecular formula is C20H28ClN3O2. The van der Waals surface area contributed by atoms with Crippen LogP contribution in [0.2, 0.25) is 0 Å². The van der Waals surface area contributed by atoms with Crippen LogP contribution in [0.4, 0.5) is 0 Å². The van der Waals surface area contributed by atoms with Crippen molar-refractivity contribution in [2.24, 2.45) is 0 Å². The van der Waals surface area contributed by atoms with Gasteiger partial charge in [0.2, 0.25) is 0 Å². The number of carbonyl (C=O) groups is 1. The summed E-state index contributed by atoms with van der Waals surface area (Å²) in [7, 11) is 3.63. The molecule has 1 aromatic carbocycles. The van der Waals surface area contributed by atoms with Gasteiger partial charge in [0.15, 0.2) is 0 Å². The van der Waals surface area contributed by atoms with E-state index in [1.807, 2.05) is 56.1 Å². The maximum absolute atomic E-state index is 13.0. The van der Waals surface area contributed by atoms with Crippen LogP contribution in [0.25, 0.3) is 5.69 Å². The molecule has 1 unspecified atom stereocenters. The van der Waals surface area contributed by atoms with Crippen molar-refractivity contribution < 1.29 is 9.53 Å². The van der Waals surface area contributed by atoms with Gasteiger partial charge < -0.3 is 19.5 Å². The molecule has 1 saturated heterocycles. The average molecular weight is 378 g/mol. The molecule has 1 aliphatic rings. The van der Waals surface area contributed by atoms with Crippen LogP contribution in [-0.4, -0.2) is 48.7 Å². The van der Waals surface area contributed by atoms with Gasteiger partial charge in [0, 0.05) is 36.2 Å². The standard InChI is InChI=1S/C20H27N3O2.ClH/c1-14-12-19(20(24)22-11-5-6-16(13-22)21-3)15(2)23(14)17-7-9-18(25-4)10-8-17;/h7-10,12,16,21H,5-6,11,13H2,1-4H3;1H. The Hall–Kier alpha value is -1.98. The Kier molecular flexibility index (Phi) is 6.73. The lowest BCUT2D eigenvalue weighted by molar-refractivity contribution is 0.0697. The largest absolute Gasteiger partial charge is 0.497 e. The number of halogens is 1. The number of methoxy groups -OCH3 is 1. The van der Waals surface area contributed by atoms with Crippen LogP contribution >= 0.6 is 12.4 Å². The van der Waals surface area contributed by atoms with Crippen LogP contribution in [0.15, 0.2) is 30.3 Å². The zero-order valence-corrected chi connectivity index (χ0v) is 16.7. The van der Waals surface area contributed by atoms with Crippen LogP contribution < -0.4 is 10.1 Å². The Bertz CT molecular complexity index is 755. The molecule has 1 amide bonds. The molecule has 0 radical (unpaired) electrons. The van der Waals surface area contributed by atoms with Gasteiger partial charge in [0.1, 0.15) is 5.75 Å². The van der Waals surface area contributed by atoms with Gasteiger partial charge >= 0.3 is 0 Å². The third kappa shape index (κ3) is 3.89. The second-order valence-corrected chi connectivity index (χ2v) is 6.70. The molecule has 1 atom stereocenters. The minimum Gasteiger partial charge on any atom is -0.497 e. The average Bonchev–Trinajstić information content (AvgIpc) is 2.95. The number of ether oxygens (including phenoxy) is 1. The maximum atomic E-state index is 13.0. The number of hydrogen-bond acceptors (Lipinski definition) is 3. The predicted molar refractivity (Wildman–Crippen MR) is 107 cm³/mol. The van der Waals surface area contributed by atoms with Crippen LogP contribution in [0.3, 0.4) is 0 Å². The predicted octanol–water partition coefficient (Wildman–Crippen LogP) is 3.35. The number of aryl methyl sites for hydroxylation is 1. The molecule has 6 heteroatoms. The summed E-state index contributed by atoms with van der Waals surface area (Å²) in [5.41, 5.74) is 3.89. The van der Waals surface area contributed by atoms with Gasteiger partial charge in [-0.05, 0) is 64.1 Å². The Labute approximate surface area is 161 Å². The number of benzene rings is 1. The van der Waals surface area contributed by atoms with E-state index in [9.17, 15) is 4.79 Å². The Morgan fingerprint density at radius 3 is 2.54 bits per heavy atom. The second kappa shape index (κ2) is 8.60. The van der Waals surface area contributed by atoms with E-state index in [0.717, 1.165) is 54.3 Å². The molecule has 26 heavy (non-hydrogen) atoms. The minimum absolute atomic E-state index is 0. The fourth-order valence-electron chi connectivity index (χ4n) is 3.68. The fraction of sp³-hybridized carbons (Fsp3) is 0.450. The van der Waals surface area contributed by atoms with Gasteiger partial charge in [-0.1, -0.05) is 0 Å². The highest BCUT2D eigenvalue weighted by atomic mass is 35.5. The molecule has 0 saturated carbocycles. The minimum atomic E-state index is 0. The van der Waals surface area contributed by atoms with Crippen molar-refractivity contribution in [1.82, 2.24) is 14.8 Å². The van der Waals surface area contributed by atoms with Gasteiger partial charge in [0.25, 0.3) is 5.91 Å². The normalized spacial score (nSPS) is 16.9. The van der Waals surface area contributed by atoms with E-state index in [-0.39, 0.29) is 18.3 Å². The number of carbonyl (C=O) groups excluding carboxylic acids is 1. The molecule has 0 aliphatic carbocycles. The molecular weight excluding hydrogens is 350 g/mol. The number of nitrogens with zero attached hydrogens (tertiary/aromatic N) is 2. The molecule has 1 N–H and O–H groups in total. The Balaban J connectivity index is 0.00000243. The van der Waals surface area contributed by atoms with Crippen molar-refractivity contribution in [2.45, 2.75) is 32.7 Å². The number of amides is 1. The van der Waals surface area contributed by atoms with Crippen molar-refractivity contribution in [1.29, 1.82) is 0 Å². The quantitative estimate of drug-likeness (QED) is 0.888. The maximum Gasteiger partial charge on any atom is 0.255 e. The lowest BCUT2D eigenvalue weighted by atomic mass is 10.0. The van der Waals surface area contributed by atoms with E-state index in [4.69, 9.17) is 4.74 Å². The lowest BCUT2D eigenvalue weighted by Crippen LogP contribution is -2.47. The highest BCUT2D eigenvalue weighted by Gasteiger charge is 2.26. The van der Waals surface area contributed by atoms with Gasteiger partial charge in [-0.2, -0.15) is 0 Å². The van der Waals surface area contributed by atoms with Crippen molar-refractivity contribution in [3.63, 3.8) is 0 Å². The zero-order chi connectivity index (χ0) is 18.0. The summed E-state index contributed by atoms with van der Waals surface area (Å²) in [5, 5.41) is 3.30. The molecule has 142 valence electrons. The van der Waals surface area contributed by atoms with Crippen molar-refractivity contribution >= 4 is 18.3 Å². The first kappa shape index (κ1) is 20.3. The van der Waals surface area contributed by atoms with Gasteiger partial charge in [-0.3, -0.25) is 4.79 Å². The number of likely N-dealkylation sites (N-methyl/N-ethyl adjacent to an activating group) is 1. The topological polar surface area (TPSA) is 46.5 Å². The lowest BCUT2D eigenvalue weighted by Gasteiger charge is -2.32. The third-order valence-electron chi connectivity index (χ3n) is 5.11. The highest BCUT2D eigenvalue weighted by molar-refractivity contribution is 5.96. The molecule has 1 aliphatic heterocycles. The number of aromatic nitrogens is 1. The van der Waals surface area contributed by atoms with Gasteiger partial charge in [-0.25, -0.2) is 0 Å². The molecule has 3 rings (SSSR count). The summed E-state index contributed by atoms with van der Waals surface area (Å²) < 4.78 is 7.36. The number of piperidine rings is 1. The molecule has 1 fully saturated rings. The summed E-state index contributed by atoms with van der Waals surface area (Å²) in [6.07, 6.45) is 2.18. The van der Waals surface area contributed by atoms with E-state index in [1.165, 1.54) is 0 Å². The van der Waals surface area contributed by atoms with Crippen LogP contribution in [-0.2, 0) is 0 Å². The van der Waals surface area contributed by atoms with E-state index in [0.29, 0.717) is 6.04 Å². The second-order valence-electron chi connectivity index (χ2n) is 6.70. The van der Waals surface area contributed by atoms with Crippen molar-refractivity contribution in [3.8, 4) is 11.4 Å². The molecule has 0 bridgehead atoms. The number of likely N-dealkylation sites (tertiary alicyclic amines) is 1. The molecule has 2 aromatic rings. The van der Waals surface area contributed by atoms with E-state index in [2.05, 4.69) is 9.88 Å². The fourth-order valence-corrected chi connectivity index (χ4v) is 3.68. The molecule has 0 spiro atoms. The molecule has 1 aromatic heterocycles. The first-order chi connectivity index (χ1) is 12.0. The molecule has 2 heterocycles. The first-order valence-electron chi connectivity index (χ1n) is 8.85. The van der Waals surface area contributed by atoms with E-state index < -0.39 is 0 Å². The SMILES string of the molecule is CNC1CCCN(C(=O)c2cc(C)n(-c3ccc(OC)cc3)c2C)C1.Cl. The van der Waals surface area contributed by atoms with Crippen LogP contribution in [0, 0.1) is 13.8 Å². The van der Waals surface area contributed by atoms with E-state index >= 15 is 0 Å². The van der Waals surface area contributed by atoms with Gasteiger partial charge in [0.05, 0.1) is 12.7 Å². The monoisotopic (exact) mass is 377 g/mol.